The lowest BCUT2D eigenvalue weighted by atomic mass is 9.87. The number of benzene rings is 4. The molecule has 0 fully saturated rings. The standard InChI is InChI=1S/C34H31N3S2/c1-33(2,3)21-11-7-19(8-12-21)31-36-27-15-23-24-16-28-30(18-26(24)35-25(23)17-29(27)38-31)39-32(37-28)20-9-13-22(14-10-20)34(4,5)6/h7-18,35H,1-6H3. The highest BCUT2D eigenvalue weighted by Crippen LogP contribution is 2.39. The first kappa shape index (κ1) is 24.5. The second kappa shape index (κ2) is 8.48. The van der Waals surface area contributed by atoms with Crippen LogP contribution in [0.3, 0.4) is 0 Å². The van der Waals surface area contributed by atoms with Crippen LogP contribution in [0.5, 0.6) is 0 Å². The Balaban J connectivity index is 1.28. The molecule has 194 valence electrons. The predicted molar refractivity (Wildman–Crippen MR) is 170 cm³/mol. The van der Waals surface area contributed by atoms with Crippen molar-refractivity contribution in [3.05, 3.63) is 83.9 Å². The van der Waals surface area contributed by atoms with Crippen molar-refractivity contribution in [1.82, 2.24) is 15.0 Å². The third-order valence-electron chi connectivity index (χ3n) is 7.61. The quantitative estimate of drug-likeness (QED) is 0.235. The Morgan fingerprint density at radius 3 is 1.28 bits per heavy atom. The van der Waals surface area contributed by atoms with Crippen LogP contribution in [0.4, 0.5) is 0 Å². The number of hydrogen-bond acceptors (Lipinski definition) is 4. The average Bonchev–Trinajstić information content (AvgIpc) is 3.59. The normalized spacial score (nSPS) is 12.9. The Kier molecular flexibility index (Phi) is 5.33. The number of nitrogens with zero attached hydrogens (tertiary/aromatic N) is 2. The number of hydrogen-bond donors (Lipinski definition) is 1. The van der Waals surface area contributed by atoms with Gasteiger partial charge < -0.3 is 4.98 Å². The lowest BCUT2D eigenvalue weighted by Crippen LogP contribution is -2.10. The summed E-state index contributed by atoms with van der Waals surface area (Å²) in [5, 5.41) is 4.52. The van der Waals surface area contributed by atoms with Crippen LogP contribution in [0.25, 0.3) is 63.4 Å². The molecule has 5 heteroatoms. The summed E-state index contributed by atoms with van der Waals surface area (Å²) in [5.41, 5.74) is 9.69. The molecule has 3 aromatic heterocycles. The van der Waals surface area contributed by atoms with Gasteiger partial charge in [-0.05, 0) is 46.2 Å². The average molecular weight is 546 g/mol. The molecule has 0 bridgehead atoms. The van der Waals surface area contributed by atoms with Gasteiger partial charge in [0.15, 0.2) is 0 Å². The Morgan fingerprint density at radius 1 is 0.538 bits per heavy atom. The Hall–Kier alpha value is -3.54. The first-order chi connectivity index (χ1) is 18.5. The maximum absolute atomic E-state index is 5.03. The van der Waals surface area contributed by atoms with Crippen LogP contribution in [-0.4, -0.2) is 15.0 Å². The van der Waals surface area contributed by atoms with Gasteiger partial charge in [-0.1, -0.05) is 90.1 Å². The molecule has 1 N–H and O–H groups in total. The molecular formula is C34H31N3S2. The van der Waals surface area contributed by atoms with Gasteiger partial charge >= 0.3 is 0 Å². The van der Waals surface area contributed by atoms with Crippen molar-refractivity contribution in [3.8, 4) is 21.1 Å². The highest BCUT2D eigenvalue weighted by molar-refractivity contribution is 7.22. The van der Waals surface area contributed by atoms with E-state index in [2.05, 4.69) is 119 Å². The fourth-order valence-electron chi connectivity index (χ4n) is 5.22. The van der Waals surface area contributed by atoms with Crippen molar-refractivity contribution in [2.45, 2.75) is 52.4 Å². The maximum atomic E-state index is 5.03. The van der Waals surface area contributed by atoms with E-state index in [0.29, 0.717) is 0 Å². The number of aromatic amines is 1. The lowest BCUT2D eigenvalue weighted by Gasteiger charge is -2.18. The number of H-pyrrole nitrogens is 1. The Morgan fingerprint density at radius 2 is 0.923 bits per heavy atom. The molecule has 0 aliphatic carbocycles. The molecule has 0 spiro atoms. The zero-order chi connectivity index (χ0) is 27.1. The maximum Gasteiger partial charge on any atom is 0.124 e. The number of fused-ring (bicyclic) bond motifs is 5. The molecule has 7 rings (SSSR count). The highest BCUT2D eigenvalue weighted by atomic mass is 32.1. The molecule has 7 aromatic rings. The molecule has 0 atom stereocenters. The highest BCUT2D eigenvalue weighted by Gasteiger charge is 2.17. The molecule has 0 aliphatic rings. The van der Waals surface area contributed by atoms with Gasteiger partial charge in [0.05, 0.1) is 20.4 Å². The summed E-state index contributed by atoms with van der Waals surface area (Å²) in [7, 11) is 0. The molecule has 4 aromatic carbocycles. The van der Waals surface area contributed by atoms with Crippen LogP contribution in [-0.2, 0) is 10.8 Å². The van der Waals surface area contributed by atoms with Crippen LogP contribution >= 0.6 is 22.7 Å². The van der Waals surface area contributed by atoms with Crippen molar-refractivity contribution in [1.29, 1.82) is 0 Å². The van der Waals surface area contributed by atoms with E-state index in [4.69, 9.17) is 9.97 Å². The third-order valence-corrected chi connectivity index (χ3v) is 9.75. The van der Waals surface area contributed by atoms with E-state index < -0.39 is 0 Å². The summed E-state index contributed by atoms with van der Waals surface area (Å²) < 4.78 is 2.40. The minimum Gasteiger partial charge on any atom is -0.354 e. The van der Waals surface area contributed by atoms with E-state index in [9.17, 15) is 0 Å². The van der Waals surface area contributed by atoms with Crippen LogP contribution in [0.1, 0.15) is 52.7 Å². The summed E-state index contributed by atoms with van der Waals surface area (Å²) in [6, 6.07) is 26.7. The number of rotatable bonds is 2. The number of thiazole rings is 2. The number of aromatic nitrogens is 3. The van der Waals surface area contributed by atoms with Crippen molar-refractivity contribution < 1.29 is 0 Å². The summed E-state index contributed by atoms with van der Waals surface area (Å²) in [5.74, 6) is 0. The van der Waals surface area contributed by atoms with E-state index in [-0.39, 0.29) is 10.8 Å². The summed E-state index contributed by atoms with van der Waals surface area (Å²) in [6.07, 6.45) is 0. The third kappa shape index (κ3) is 4.25. The van der Waals surface area contributed by atoms with Gasteiger partial charge in [0, 0.05) is 32.9 Å². The van der Waals surface area contributed by atoms with Gasteiger partial charge in [0.2, 0.25) is 0 Å². The largest absolute Gasteiger partial charge is 0.354 e. The number of nitrogens with one attached hydrogen (secondary N) is 1. The smallest absolute Gasteiger partial charge is 0.124 e. The van der Waals surface area contributed by atoms with Crippen LogP contribution < -0.4 is 0 Å². The van der Waals surface area contributed by atoms with Crippen molar-refractivity contribution in [3.63, 3.8) is 0 Å². The van der Waals surface area contributed by atoms with Crippen LogP contribution in [0, 0.1) is 0 Å². The van der Waals surface area contributed by atoms with Crippen molar-refractivity contribution in [2.75, 3.05) is 0 Å². The molecule has 0 saturated carbocycles. The first-order valence-corrected chi connectivity index (χ1v) is 15.0. The van der Waals surface area contributed by atoms with Gasteiger partial charge in [-0.15, -0.1) is 22.7 Å². The van der Waals surface area contributed by atoms with E-state index in [1.165, 1.54) is 42.4 Å². The van der Waals surface area contributed by atoms with Gasteiger partial charge in [-0.25, -0.2) is 9.97 Å². The second-order valence-corrected chi connectivity index (χ2v) is 14.6. The molecule has 0 aliphatic heterocycles. The van der Waals surface area contributed by atoms with E-state index in [1.807, 2.05) is 0 Å². The minimum absolute atomic E-state index is 0.145. The lowest BCUT2D eigenvalue weighted by molar-refractivity contribution is 0.590. The van der Waals surface area contributed by atoms with Crippen LogP contribution in [0.15, 0.2) is 72.8 Å². The summed E-state index contributed by atoms with van der Waals surface area (Å²) in [6.45, 7) is 13.5. The van der Waals surface area contributed by atoms with Crippen molar-refractivity contribution in [2.24, 2.45) is 0 Å². The monoisotopic (exact) mass is 545 g/mol. The van der Waals surface area contributed by atoms with Gasteiger partial charge in [0.25, 0.3) is 0 Å². The molecular weight excluding hydrogens is 515 g/mol. The van der Waals surface area contributed by atoms with Gasteiger partial charge in [-0.3, -0.25) is 0 Å². The molecule has 39 heavy (non-hydrogen) atoms. The van der Waals surface area contributed by atoms with Crippen molar-refractivity contribution >= 4 is 64.9 Å². The molecule has 0 radical (unpaired) electrons. The summed E-state index contributed by atoms with van der Waals surface area (Å²) >= 11 is 3.51. The Labute approximate surface area is 236 Å². The van der Waals surface area contributed by atoms with Crippen LogP contribution in [0.2, 0.25) is 0 Å². The predicted octanol–water partition coefficient (Wildman–Crippen LogP) is 10.5. The fraction of sp³-hybridized carbons (Fsp3) is 0.235. The van der Waals surface area contributed by atoms with E-state index >= 15 is 0 Å². The topological polar surface area (TPSA) is 41.6 Å². The fourth-order valence-corrected chi connectivity index (χ4v) is 7.20. The van der Waals surface area contributed by atoms with E-state index in [1.54, 1.807) is 22.7 Å². The second-order valence-electron chi connectivity index (χ2n) is 12.5. The molecule has 0 saturated heterocycles. The zero-order valence-corrected chi connectivity index (χ0v) is 24.8. The molecule has 0 unspecified atom stereocenters. The van der Waals surface area contributed by atoms with E-state index in [0.717, 1.165) is 32.1 Å². The molecule has 3 nitrogen and oxygen atoms in total. The zero-order valence-electron chi connectivity index (χ0n) is 23.1. The van der Waals surface area contributed by atoms with Gasteiger partial charge in [0.1, 0.15) is 10.0 Å². The molecule has 3 heterocycles. The van der Waals surface area contributed by atoms with Gasteiger partial charge in [-0.2, -0.15) is 0 Å². The first-order valence-electron chi connectivity index (χ1n) is 13.4. The SMILES string of the molecule is CC(C)(C)c1ccc(-c2nc3cc4c(cc3s2)[nH]c2cc3sc(-c5ccc(C(C)(C)C)cc5)nc3cc24)cc1. The Bertz CT molecular complexity index is 1860. The minimum atomic E-state index is 0.145. The summed E-state index contributed by atoms with van der Waals surface area (Å²) in [4.78, 5) is 13.7. The molecule has 0 amide bonds.